The van der Waals surface area contributed by atoms with Gasteiger partial charge in [0.05, 0.1) is 10.9 Å². The molecule has 0 aliphatic heterocycles. The van der Waals surface area contributed by atoms with Gasteiger partial charge in [0.15, 0.2) is 0 Å². The van der Waals surface area contributed by atoms with E-state index in [9.17, 15) is 13.2 Å². The van der Waals surface area contributed by atoms with Gasteiger partial charge in [0, 0.05) is 6.54 Å². The molecule has 106 valence electrons. The lowest BCUT2D eigenvalue weighted by Crippen LogP contribution is -2.44. The quantitative estimate of drug-likeness (QED) is 0.740. The van der Waals surface area contributed by atoms with Crippen LogP contribution in [0, 0.1) is 0 Å². The molecule has 0 radical (unpaired) electrons. The maximum absolute atomic E-state index is 12.0. The molecule has 0 saturated carbocycles. The molecular formula is C13H20N2O3S. The smallest absolute Gasteiger partial charge is 0.241 e. The number of carbonyl (C=O) groups excluding carboxylic acids is 1. The molecule has 5 nitrogen and oxygen atoms in total. The van der Waals surface area contributed by atoms with E-state index >= 15 is 0 Å². The van der Waals surface area contributed by atoms with Gasteiger partial charge in [-0.15, -0.1) is 0 Å². The molecular weight excluding hydrogens is 264 g/mol. The lowest BCUT2D eigenvalue weighted by Gasteiger charge is -2.14. The van der Waals surface area contributed by atoms with Crippen molar-refractivity contribution < 1.29 is 13.2 Å². The number of carbonyl (C=O) groups is 1. The van der Waals surface area contributed by atoms with Gasteiger partial charge in [-0.25, -0.2) is 8.42 Å². The molecule has 0 spiro atoms. The summed E-state index contributed by atoms with van der Waals surface area (Å²) in [4.78, 5) is 11.8. The summed E-state index contributed by atoms with van der Waals surface area (Å²) in [6, 6.07) is 7.21. The number of hydrogen-bond acceptors (Lipinski definition) is 3. The summed E-state index contributed by atoms with van der Waals surface area (Å²) >= 11 is 0. The molecule has 1 aromatic carbocycles. The highest BCUT2D eigenvalue weighted by Crippen LogP contribution is 2.07. The van der Waals surface area contributed by atoms with Crippen molar-refractivity contribution in [3.63, 3.8) is 0 Å². The van der Waals surface area contributed by atoms with E-state index in [1.54, 1.807) is 18.2 Å². The van der Waals surface area contributed by atoms with E-state index in [-0.39, 0.29) is 10.8 Å². The molecule has 1 aromatic rings. The van der Waals surface area contributed by atoms with Crippen LogP contribution >= 0.6 is 0 Å². The Morgan fingerprint density at radius 2 is 1.89 bits per heavy atom. The van der Waals surface area contributed by atoms with E-state index in [0.29, 0.717) is 6.54 Å². The summed E-state index contributed by atoms with van der Waals surface area (Å²) < 4.78 is 26.3. The van der Waals surface area contributed by atoms with E-state index in [1.165, 1.54) is 19.1 Å². The van der Waals surface area contributed by atoms with Gasteiger partial charge >= 0.3 is 0 Å². The van der Waals surface area contributed by atoms with E-state index in [4.69, 9.17) is 0 Å². The molecule has 6 heteroatoms. The summed E-state index contributed by atoms with van der Waals surface area (Å²) in [6.45, 7) is 4.11. The highest BCUT2D eigenvalue weighted by atomic mass is 32.2. The zero-order chi connectivity index (χ0) is 14.3. The van der Waals surface area contributed by atoms with E-state index in [0.717, 1.165) is 12.8 Å². The minimum absolute atomic E-state index is 0.156. The molecule has 1 atom stereocenters. The third-order valence-corrected chi connectivity index (χ3v) is 4.16. The Balaban J connectivity index is 2.61. The molecule has 1 rings (SSSR count). The monoisotopic (exact) mass is 284 g/mol. The van der Waals surface area contributed by atoms with E-state index in [2.05, 4.69) is 10.0 Å². The molecule has 0 bridgehead atoms. The van der Waals surface area contributed by atoms with Gasteiger partial charge in [-0.05, 0) is 25.5 Å². The second-order valence-electron chi connectivity index (χ2n) is 4.30. The first-order valence-corrected chi connectivity index (χ1v) is 7.80. The number of nitrogens with one attached hydrogen (secondary N) is 2. The maximum atomic E-state index is 12.0. The van der Waals surface area contributed by atoms with Crippen molar-refractivity contribution in [1.29, 1.82) is 0 Å². The largest absolute Gasteiger partial charge is 0.355 e. The molecule has 19 heavy (non-hydrogen) atoms. The van der Waals surface area contributed by atoms with Crippen molar-refractivity contribution >= 4 is 15.9 Å². The molecule has 0 saturated heterocycles. The predicted molar refractivity (Wildman–Crippen MR) is 74.1 cm³/mol. The molecule has 0 aliphatic rings. The Hall–Kier alpha value is -1.40. The van der Waals surface area contributed by atoms with Gasteiger partial charge in [0.25, 0.3) is 0 Å². The van der Waals surface area contributed by atoms with E-state index in [1.807, 2.05) is 6.92 Å². The van der Waals surface area contributed by atoms with Crippen molar-refractivity contribution in [2.75, 3.05) is 6.54 Å². The summed E-state index contributed by atoms with van der Waals surface area (Å²) in [5.74, 6) is -0.312. The summed E-state index contributed by atoms with van der Waals surface area (Å²) in [7, 11) is -3.65. The summed E-state index contributed by atoms with van der Waals surface area (Å²) in [6.07, 6.45) is 1.86. The van der Waals surface area contributed by atoms with Crippen molar-refractivity contribution in [2.45, 2.75) is 37.6 Å². The topological polar surface area (TPSA) is 75.3 Å². The predicted octanol–water partition coefficient (Wildman–Crippen LogP) is 1.27. The Morgan fingerprint density at radius 3 is 2.47 bits per heavy atom. The first-order valence-electron chi connectivity index (χ1n) is 6.32. The molecule has 0 unspecified atom stereocenters. The van der Waals surface area contributed by atoms with Gasteiger partial charge in [0.1, 0.15) is 0 Å². The molecule has 1 amide bonds. The highest BCUT2D eigenvalue weighted by Gasteiger charge is 2.21. The van der Waals surface area contributed by atoms with Crippen LogP contribution in [0.15, 0.2) is 35.2 Å². The average molecular weight is 284 g/mol. The van der Waals surface area contributed by atoms with Crippen molar-refractivity contribution in [2.24, 2.45) is 0 Å². The minimum Gasteiger partial charge on any atom is -0.355 e. The zero-order valence-corrected chi connectivity index (χ0v) is 12.0. The average Bonchev–Trinajstić information content (AvgIpc) is 2.39. The molecule has 0 heterocycles. The Bertz CT molecular complexity index is 500. The third kappa shape index (κ3) is 5.00. The lowest BCUT2D eigenvalue weighted by atomic mass is 10.3. The molecule has 0 aromatic heterocycles. The minimum atomic E-state index is -3.65. The number of amides is 1. The number of rotatable bonds is 7. The number of sulfonamides is 1. The van der Waals surface area contributed by atoms with Crippen molar-refractivity contribution in [1.82, 2.24) is 10.0 Å². The third-order valence-electron chi connectivity index (χ3n) is 2.61. The maximum Gasteiger partial charge on any atom is 0.241 e. The summed E-state index contributed by atoms with van der Waals surface area (Å²) in [5, 5.41) is 2.69. The number of benzene rings is 1. The molecule has 0 fully saturated rings. The Kier molecular flexibility index (Phi) is 5.98. The van der Waals surface area contributed by atoms with Gasteiger partial charge in [-0.2, -0.15) is 4.72 Å². The zero-order valence-electron chi connectivity index (χ0n) is 11.2. The van der Waals surface area contributed by atoms with Crippen LogP contribution in [-0.2, 0) is 14.8 Å². The first kappa shape index (κ1) is 15.7. The standard InChI is InChI=1S/C13H20N2O3S/c1-3-4-10-14-13(16)11(2)15-19(17,18)12-8-6-5-7-9-12/h5-9,11,15H,3-4,10H2,1-2H3,(H,14,16)/t11-/m0/s1. The van der Waals surface area contributed by atoms with Crippen LogP contribution in [0.2, 0.25) is 0 Å². The highest BCUT2D eigenvalue weighted by molar-refractivity contribution is 7.89. The van der Waals surface area contributed by atoms with Crippen LogP contribution in [0.3, 0.4) is 0 Å². The second-order valence-corrected chi connectivity index (χ2v) is 6.01. The Labute approximate surface area is 114 Å². The number of hydrogen-bond donors (Lipinski definition) is 2. The molecule has 2 N–H and O–H groups in total. The SMILES string of the molecule is CCCCNC(=O)[C@H](C)NS(=O)(=O)c1ccccc1. The van der Waals surface area contributed by atoms with Crippen LogP contribution in [0.4, 0.5) is 0 Å². The fourth-order valence-electron chi connectivity index (χ4n) is 1.50. The van der Waals surface area contributed by atoms with E-state index < -0.39 is 16.1 Å². The van der Waals surface area contributed by atoms with Gasteiger partial charge in [0.2, 0.25) is 15.9 Å². The van der Waals surface area contributed by atoms with Crippen LogP contribution in [-0.4, -0.2) is 26.9 Å². The molecule has 0 aliphatic carbocycles. The van der Waals surface area contributed by atoms with Crippen LogP contribution in [0.5, 0.6) is 0 Å². The van der Waals surface area contributed by atoms with Crippen LogP contribution < -0.4 is 10.0 Å². The second kappa shape index (κ2) is 7.25. The van der Waals surface area contributed by atoms with Crippen molar-refractivity contribution in [3.8, 4) is 0 Å². The van der Waals surface area contributed by atoms with Crippen LogP contribution in [0.1, 0.15) is 26.7 Å². The van der Waals surface area contributed by atoms with Gasteiger partial charge < -0.3 is 5.32 Å². The summed E-state index contributed by atoms with van der Waals surface area (Å²) in [5.41, 5.74) is 0. The number of unbranched alkanes of at least 4 members (excludes halogenated alkanes) is 1. The fourth-order valence-corrected chi connectivity index (χ4v) is 2.72. The lowest BCUT2D eigenvalue weighted by molar-refractivity contribution is -0.122. The fraction of sp³-hybridized carbons (Fsp3) is 0.462. The Morgan fingerprint density at radius 1 is 1.26 bits per heavy atom. The van der Waals surface area contributed by atoms with Crippen LogP contribution in [0.25, 0.3) is 0 Å². The van der Waals surface area contributed by atoms with Gasteiger partial charge in [-0.3, -0.25) is 4.79 Å². The van der Waals surface area contributed by atoms with Crippen molar-refractivity contribution in [3.05, 3.63) is 30.3 Å². The first-order chi connectivity index (χ1) is 8.97. The normalized spacial score (nSPS) is 12.9. The van der Waals surface area contributed by atoms with Gasteiger partial charge in [-0.1, -0.05) is 31.5 Å².